The molecule has 0 aliphatic heterocycles. The monoisotopic (exact) mass is 324 g/mol. The number of nitrogens with one attached hydrogen (secondary N) is 1. The Labute approximate surface area is 139 Å². The van der Waals surface area contributed by atoms with E-state index in [0.717, 1.165) is 11.1 Å². The molecule has 1 amide bonds. The summed E-state index contributed by atoms with van der Waals surface area (Å²) >= 11 is 0. The third-order valence-electron chi connectivity index (χ3n) is 3.65. The highest BCUT2D eigenvalue weighted by atomic mass is 19.1. The maximum absolute atomic E-state index is 13.2. The Bertz CT molecular complexity index is 844. The SMILES string of the molecule is Cc1ccc(F)cc1NC(=O)CCc1ncc(-c2ccccc2)o1. The topological polar surface area (TPSA) is 55.1 Å². The number of carbonyl (C=O) groups is 1. The molecular weight excluding hydrogens is 307 g/mol. The largest absolute Gasteiger partial charge is 0.441 e. The number of carbonyl (C=O) groups excluding carboxylic acids is 1. The van der Waals surface area contributed by atoms with Gasteiger partial charge in [0.15, 0.2) is 11.7 Å². The van der Waals surface area contributed by atoms with Crippen LogP contribution in [0.1, 0.15) is 17.9 Å². The van der Waals surface area contributed by atoms with Crippen molar-refractivity contribution in [2.75, 3.05) is 5.32 Å². The van der Waals surface area contributed by atoms with E-state index in [1.54, 1.807) is 12.3 Å². The molecule has 3 rings (SSSR count). The van der Waals surface area contributed by atoms with Gasteiger partial charge in [0.25, 0.3) is 0 Å². The second-order valence-corrected chi connectivity index (χ2v) is 5.49. The first-order valence-electron chi connectivity index (χ1n) is 7.68. The van der Waals surface area contributed by atoms with Crippen LogP contribution in [-0.4, -0.2) is 10.9 Å². The molecule has 5 heteroatoms. The summed E-state index contributed by atoms with van der Waals surface area (Å²) in [7, 11) is 0. The second-order valence-electron chi connectivity index (χ2n) is 5.49. The van der Waals surface area contributed by atoms with E-state index in [9.17, 15) is 9.18 Å². The molecule has 0 bridgehead atoms. The molecule has 0 saturated heterocycles. The summed E-state index contributed by atoms with van der Waals surface area (Å²) in [6.07, 6.45) is 2.25. The van der Waals surface area contributed by atoms with Crippen LogP contribution in [0.15, 0.2) is 59.1 Å². The van der Waals surface area contributed by atoms with Gasteiger partial charge in [-0.1, -0.05) is 36.4 Å². The van der Waals surface area contributed by atoms with Crippen LogP contribution in [0.25, 0.3) is 11.3 Å². The molecule has 0 radical (unpaired) electrons. The number of aromatic nitrogens is 1. The number of rotatable bonds is 5. The number of hydrogen-bond donors (Lipinski definition) is 1. The maximum atomic E-state index is 13.2. The molecule has 0 spiro atoms. The van der Waals surface area contributed by atoms with Crippen molar-refractivity contribution in [3.63, 3.8) is 0 Å². The number of aryl methyl sites for hydroxylation is 2. The van der Waals surface area contributed by atoms with Crippen LogP contribution in [0.3, 0.4) is 0 Å². The molecule has 1 N–H and O–H groups in total. The van der Waals surface area contributed by atoms with E-state index in [-0.39, 0.29) is 18.1 Å². The highest BCUT2D eigenvalue weighted by molar-refractivity contribution is 5.91. The molecule has 24 heavy (non-hydrogen) atoms. The normalized spacial score (nSPS) is 10.6. The molecule has 1 heterocycles. The van der Waals surface area contributed by atoms with Gasteiger partial charge in [-0.25, -0.2) is 9.37 Å². The molecule has 4 nitrogen and oxygen atoms in total. The van der Waals surface area contributed by atoms with Gasteiger partial charge in [0.05, 0.1) is 6.20 Å². The number of hydrogen-bond acceptors (Lipinski definition) is 3. The van der Waals surface area contributed by atoms with Crippen LogP contribution in [0.2, 0.25) is 0 Å². The van der Waals surface area contributed by atoms with E-state index in [1.165, 1.54) is 12.1 Å². The van der Waals surface area contributed by atoms with Crippen LogP contribution in [-0.2, 0) is 11.2 Å². The fraction of sp³-hybridized carbons (Fsp3) is 0.158. The summed E-state index contributed by atoms with van der Waals surface area (Å²) in [5, 5.41) is 2.71. The van der Waals surface area contributed by atoms with Gasteiger partial charge in [-0.05, 0) is 24.6 Å². The van der Waals surface area contributed by atoms with Gasteiger partial charge >= 0.3 is 0 Å². The lowest BCUT2D eigenvalue weighted by molar-refractivity contribution is -0.116. The fourth-order valence-corrected chi connectivity index (χ4v) is 2.32. The van der Waals surface area contributed by atoms with E-state index in [4.69, 9.17) is 4.42 Å². The summed E-state index contributed by atoms with van der Waals surface area (Å²) < 4.78 is 18.9. The Balaban J connectivity index is 1.59. The third kappa shape index (κ3) is 3.87. The van der Waals surface area contributed by atoms with Crippen LogP contribution >= 0.6 is 0 Å². The van der Waals surface area contributed by atoms with Crippen molar-refractivity contribution in [1.82, 2.24) is 4.98 Å². The molecule has 3 aromatic rings. The minimum Gasteiger partial charge on any atom is -0.441 e. The van der Waals surface area contributed by atoms with Crippen LogP contribution < -0.4 is 5.32 Å². The first-order chi connectivity index (χ1) is 11.6. The van der Waals surface area contributed by atoms with Crippen molar-refractivity contribution in [1.29, 1.82) is 0 Å². The molecular formula is C19H17FN2O2. The summed E-state index contributed by atoms with van der Waals surface area (Å²) in [6.45, 7) is 1.81. The van der Waals surface area contributed by atoms with E-state index in [1.807, 2.05) is 37.3 Å². The fourth-order valence-electron chi connectivity index (χ4n) is 2.32. The number of amides is 1. The zero-order chi connectivity index (χ0) is 16.9. The molecule has 1 aromatic heterocycles. The van der Waals surface area contributed by atoms with Gasteiger partial charge < -0.3 is 9.73 Å². The van der Waals surface area contributed by atoms with Crippen molar-refractivity contribution in [2.24, 2.45) is 0 Å². The number of oxazole rings is 1. The number of nitrogens with zero attached hydrogens (tertiary/aromatic N) is 1. The molecule has 0 aliphatic carbocycles. The highest BCUT2D eigenvalue weighted by Gasteiger charge is 2.10. The zero-order valence-corrected chi connectivity index (χ0v) is 13.3. The standard InChI is InChI=1S/C19H17FN2O2/c1-13-7-8-15(20)11-16(13)22-18(23)9-10-19-21-12-17(24-19)14-5-3-2-4-6-14/h2-8,11-12H,9-10H2,1H3,(H,22,23). The molecule has 122 valence electrons. The van der Waals surface area contributed by atoms with Crippen LogP contribution in [0.4, 0.5) is 10.1 Å². The molecule has 0 aliphatic rings. The minimum absolute atomic E-state index is 0.205. The lowest BCUT2D eigenvalue weighted by atomic mass is 10.2. The van der Waals surface area contributed by atoms with Crippen LogP contribution in [0, 0.1) is 12.7 Å². The quantitative estimate of drug-likeness (QED) is 0.758. The number of halogens is 1. The predicted molar refractivity (Wildman–Crippen MR) is 90.0 cm³/mol. The average molecular weight is 324 g/mol. The summed E-state index contributed by atoms with van der Waals surface area (Å²) in [5.41, 5.74) is 2.24. The average Bonchev–Trinajstić information content (AvgIpc) is 3.06. The molecule has 0 saturated carbocycles. The van der Waals surface area contributed by atoms with E-state index in [0.29, 0.717) is 23.8 Å². The lowest BCUT2D eigenvalue weighted by Gasteiger charge is -2.07. The Morgan fingerprint density at radius 1 is 1.21 bits per heavy atom. The molecule has 0 unspecified atom stereocenters. The second kappa shape index (κ2) is 7.08. The van der Waals surface area contributed by atoms with Crippen LogP contribution in [0.5, 0.6) is 0 Å². The van der Waals surface area contributed by atoms with Gasteiger partial charge in [-0.3, -0.25) is 4.79 Å². The summed E-state index contributed by atoms with van der Waals surface area (Å²) in [4.78, 5) is 16.2. The van der Waals surface area contributed by atoms with E-state index < -0.39 is 0 Å². The number of anilines is 1. The Kier molecular flexibility index (Phi) is 4.70. The van der Waals surface area contributed by atoms with Gasteiger partial charge in [-0.2, -0.15) is 0 Å². The molecule has 0 fully saturated rings. The van der Waals surface area contributed by atoms with Gasteiger partial charge in [0.2, 0.25) is 5.91 Å². The summed E-state index contributed by atoms with van der Waals surface area (Å²) in [6, 6.07) is 13.9. The third-order valence-corrected chi connectivity index (χ3v) is 3.65. The van der Waals surface area contributed by atoms with Gasteiger partial charge in [0, 0.05) is 24.1 Å². The Hall–Kier alpha value is -2.95. The number of benzene rings is 2. The zero-order valence-electron chi connectivity index (χ0n) is 13.3. The van der Waals surface area contributed by atoms with E-state index >= 15 is 0 Å². The molecule has 2 aromatic carbocycles. The highest BCUT2D eigenvalue weighted by Crippen LogP contribution is 2.21. The predicted octanol–water partition coefficient (Wildman–Crippen LogP) is 4.36. The summed E-state index contributed by atoms with van der Waals surface area (Å²) in [5.74, 6) is 0.589. The van der Waals surface area contributed by atoms with E-state index in [2.05, 4.69) is 10.3 Å². The Morgan fingerprint density at radius 3 is 2.79 bits per heavy atom. The Morgan fingerprint density at radius 2 is 2.00 bits per heavy atom. The molecule has 0 atom stereocenters. The van der Waals surface area contributed by atoms with Crippen molar-refractivity contribution >= 4 is 11.6 Å². The maximum Gasteiger partial charge on any atom is 0.224 e. The van der Waals surface area contributed by atoms with Crippen molar-refractivity contribution < 1.29 is 13.6 Å². The smallest absolute Gasteiger partial charge is 0.224 e. The van der Waals surface area contributed by atoms with Crippen molar-refractivity contribution in [3.05, 3.63) is 72.0 Å². The first kappa shape index (κ1) is 15.9. The first-order valence-corrected chi connectivity index (χ1v) is 7.68. The van der Waals surface area contributed by atoms with Crippen molar-refractivity contribution in [2.45, 2.75) is 19.8 Å². The van der Waals surface area contributed by atoms with Gasteiger partial charge in [-0.15, -0.1) is 0 Å². The minimum atomic E-state index is -0.379. The van der Waals surface area contributed by atoms with Gasteiger partial charge in [0.1, 0.15) is 5.82 Å². The lowest BCUT2D eigenvalue weighted by Crippen LogP contribution is -2.13. The van der Waals surface area contributed by atoms with Crippen molar-refractivity contribution in [3.8, 4) is 11.3 Å².